The van der Waals surface area contributed by atoms with Crippen molar-refractivity contribution in [3.05, 3.63) is 56.8 Å². The zero-order valence-corrected chi connectivity index (χ0v) is 15.3. The second-order valence-electron chi connectivity index (χ2n) is 4.17. The summed E-state index contributed by atoms with van der Waals surface area (Å²) in [4.78, 5) is 3.62. The first-order chi connectivity index (χ1) is 9.67. The first-order valence-electron chi connectivity index (χ1n) is 5.92. The van der Waals surface area contributed by atoms with Crippen molar-refractivity contribution in [1.82, 2.24) is 0 Å². The average molecular weight is 426 g/mol. The van der Waals surface area contributed by atoms with Crippen LogP contribution in [0.1, 0.15) is 10.4 Å². The smallest absolute Gasteiger partial charge is 0.0609 e. The Morgan fingerprint density at radius 3 is 2.20 bits per heavy atom. The lowest BCUT2D eigenvalue weighted by Gasteiger charge is -1.96. The van der Waals surface area contributed by atoms with E-state index in [9.17, 15) is 0 Å². The van der Waals surface area contributed by atoms with Gasteiger partial charge in [0.2, 0.25) is 0 Å². The molecule has 3 rings (SSSR count). The fraction of sp³-hybridized carbons (Fsp3) is 0. The molecule has 4 heteroatoms. The van der Waals surface area contributed by atoms with E-state index < -0.39 is 0 Å². The highest BCUT2D eigenvalue weighted by Crippen LogP contribution is 2.49. The molecule has 0 aliphatic rings. The van der Waals surface area contributed by atoms with Crippen LogP contribution in [0.5, 0.6) is 0 Å². The van der Waals surface area contributed by atoms with E-state index in [0.717, 1.165) is 19.4 Å². The summed E-state index contributed by atoms with van der Waals surface area (Å²) in [5, 5.41) is 1.26. The van der Waals surface area contributed by atoms with Crippen LogP contribution in [0.15, 0.2) is 46.4 Å². The molecule has 0 atom stereocenters. The SMILES string of the molecule is C=Cc1sc(-c2sc3ccccc3c2Br)c(Br)c1C=C. The van der Waals surface area contributed by atoms with E-state index in [1.165, 1.54) is 19.8 Å². The Balaban J connectivity index is 2.31. The van der Waals surface area contributed by atoms with Crippen molar-refractivity contribution in [3.8, 4) is 9.75 Å². The highest BCUT2D eigenvalue weighted by atomic mass is 79.9. The number of halogens is 2. The highest BCUT2D eigenvalue weighted by Gasteiger charge is 2.19. The summed E-state index contributed by atoms with van der Waals surface area (Å²) in [5.41, 5.74) is 1.12. The molecule has 20 heavy (non-hydrogen) atoms. The molecule has 0 unspecified atom stereocenters. The van der Waals surface area contributed by atoms with Crippen molar-refractivity contribution in [3.63, 3.8) is 0 Å². The molecule has 0 N–H and O–H groups in total. The predicted octanol–water partition coefficient (Wildman–Crippen LogP) is 7.44. The summed E-state index contributed by atoms with van der Waals surface area (Å²) in [6.45, 7) is 7.78. The van der Waals surface area contributed by atoms with Crippen LogP contribution >= 0.6 is 54.5 Å². The Hall–Kier alpha value is -0.680. The van der Waals surface area contributed by atoms with E-state index in [1.807, 2.05) is 12.2 Å². The lowest BCUT2D eigenvalue weighted by molar-refractivity contribution is 1.75. The van der Waals surface area contributed by atoms with Crippen LogP contribution < -0.4 is 0 Å². The summed E-state index contributed by atoms with van der Waals surface area (Å²) in [5.74, 6) is 0. The molecular formula is C16H10Br2S2. The monoisotopic (exact) mass is 424 g/mol. The maximum atomic E-state index is 3.89. The first-order valence-corrected chi connectivity index (χ1v) is 9.13. The van der Waals surface area contributed by atoms with E-state index in [0.29, 0.717) is 0 Å². The number of benzene rings is 1. The Bertz CT molecular complexity index is 824. The van der Waals surface area contributed by atoms with Gasteiger partial charge >= 0.3 is 0 Å². The third-order valence-electron chi connectivity index (χ3n) is 3.04. The summed E-state index contributed by atoms with van der Waals surface area (Å²) >= 11 is 11.0. The van der Waals surface area contributed by atoms with Gasteiger partial charge in [-0.2, -0.15) is 0 Å². The van der Waals surface area contributed by atoms with Gasteiger partial charge in [-0.25, -0.2) is 0 Å². The third-order valence-corrected chi connectivity index (χ3v) is 7.75. The van der Waals surface area contributed by atoms with Gasteiger partial charge in [-0.05, 0) is 37.9 Å². The minimum absolute atomic E-state index is 1.10. The van der Waals surface area contributed by atoms with Gasteiger partial charge in [0.15, 0.2) is 0 Å². The van der Waals surface area contributed by atoms with Crippen LogP contribution in [0, 0.1) is 0 Å². The van der Waals surface area contributed by atoms with Crippen LogP contribution in [0.4, 0.5) is 0 Å². The largest absolute Gasteiger partial charge is 0.133 e. The fourth-order valence-electron chi connectivity index (χ4n) is 2.09. The van der Waals surface area contributed by atoms with Gasteiger partial charge < -0.3 is 0 Å². The van der Waals surface area contributed by atoms with Crippen LogP contribution in [-0.4, -0.2) is 0 Å². The molecule has 0 radical (unpaired) electrons. The van der Waals surface area contributed by atoms with Gasteiger partial charge in [-0.3, -0.25) is 0 Å². The van der Waals surface area contributed by atoms with E-state index in [2.05, 4.69) is 69.3 Å². The Labute approximate surface area is 142 Å². The molecule has 0 aliphatic heterocycles. The molecule has 0 aliphatic carbocycles. The van der Waals surface area contributed by atoms with E-state index >= 15 is 0 Å². The predicted molar refractivity (Wildman–Crippen MR) is 101 cm³/mol. The molecule has 0 amide bonds. The normalized spacial score (nSPS) is 10.9. The van der Waals surface area contributed by atoms with Crippen LogP contribution in [0.3, 0.4) is 0 Å². The minimum Gasteiger partial charge on any atom is -0.133 e. The molecule has 2 aromatic heterocycles. The van der Waals surface area contributed by atoms with Crippen LogP contribution in [0.25, 0.3) is 32.0 Å². The molecule has 0 saturated carbocycles. The van der Waals surface area contributed by atoms with E-state index in [1.54, 1.807) is 22.7 Å². The summed E-state index contributed by atoms with van der Waals surface area (Å²) in [6.07, 6.45) is 3.76. The zero-order chi connectivity index (χ0) is 14.3. The van der Waals surface area contributed by atoms with Crippen molar-refractivity contribution in [1.29, 1.82) is 0 Å². The molecular weight excluding hydrogens is 416 g/mol. The Kier molecular flexibility index (Phi) is 4.00. The summed E-state index contributed by atoms with van der Waals surface area (Å²) in [7, 11) is 0. The van der Waals surface area contributed by atoms with Gasteiger partial charge in [0.05, 0.1) is 9.75 Å². The third kappa shape index (κ3) is 2.15. The lowest BCUT2D eigenvalue weighted by Crippen LogP contribution is -1.72. The van der Waals surface area contributed by atoms with E-state index in [4.69, 9.17) is 0 Å². The molecule has 2 heterocycles. The molecule has 0 spiro atoms. The Morgan fingerprint density at radius 2 is 1.60 bits per heavy atom. The number of hydrogen-bond acceptors (Lipinski definition) is 2. The second-order valence-corrected chi connectivity index (χ2v) is 7.86. The van der Waals surface area contributed by atoms with Gasteiger partial charge in [0.1, 0.15) is 0 Å². The van der Waals surface area contributed by atoms with Crippen molar-refractivity contribution in [2.75, 3.05) is 0 Å². The van der Waals surface area contributed by atoms with Crippen molar-refractivity contribution >= 4 is 76.8 Å². The van der Waals surface area contributed by atoms with Crippen molar-refractivity contribution < 1.29 is 0 Å². The number of hydrogen-bond donors (Lipinski definition) is 0. The molecule has 0 nitrogen and oxygen atoms in total. The van der Waals surface area contributed by atoms with Crippen molar-refractivity contribution in [2.45, 2.75) is 0 Å². The molecule has 1 aromatic carbocycles. The Morgan fingerprint density at radius 1 is 0.900 bits per heavy atom. The fourth-order valence-corrected chi connectivity index (χ4v) is 6.50. The zero-order valence-electron chi connectivity index (χ0n) is 10.5. The van der Waals surface area contributed by atoms with Gasteiger partial charge in [-0.15, -0.1) is 22.7 Å². The lowest BCUT2D eigenvalue weighted by atomic mass is 10.2. The molecule has 0 fully saturated rings. The molecule has 0 saturated heterocycles. The van der Waals surface area contributed by atoms with Crippen LogP contribution in [-0.2, 0) is 0 Å². The van der Waals surface area contributed by atoms with Crippen LogP contribution in [0.2, 0.25) is 0 Å². The standard InChI is InChI=1S/C16H10Br2S2/c1-3-9-11(4-2)19-15(13(9)17)16-14(18)10-7-5-6-8-12(10)20-16/h3-8H,1-2H2. The highest BCUT2D eigenvalue weighted by molar-refractivity contribution is 9.11. The van der Waals surface area contributed by atoms with Gasteiger partial charge in [-0.1, -0.05) is 43.5 Å². The summed E-state index contributed by atoms with van der Waals surface area (Å²) < 4.78 is 3.54. The van der Waals surface area contributed by atoms with Crippen molar-refractivity contribution in [2.24, 2.45) is 0 Å². The minimum atomic E-state index is 1.10. The second kappa shape index (κ2) is 5.60. The van der Waals surface area contributed by atoms with E-state index in [-0.39, 0.29) is 0 Å². The number of thiophene rings is 2. The number of fused-ring (bicyclic) bond motifs is 1. The maximum Gasteiger partial charge on any atom is 0.0609 e. The molecule has 0 bridgehead atoms. The first kappa shape index (κ1) is 14.3. The van der Waals surface area contributed by atoms with Gasteiger partial charge in [0, 0.05) is 29.5 Å². The molecule has 100 valence electrons. The average Bonchev–Trinajstić information content (AvgIpc) is 2.97. The topological polar surface area (TPSA) is 0 Å². The summed E-state index contributed by atoms with van der Waals surface area (Å²) in [6, 6.07) is 8.43. The number of rotatable bonds is 3. The van der Waals surface area contributed by atoms with Gasteiger partial charge in [0.25, 0.3) is 0 Å². The molecule has 3 aromatic rings. The quantitative estimate of drug-likeness (QED) is 0.408. The maximum absolute atomic E-state index is 3.89.